The fraction of sp³-hybridized carbons (Fsp3) is 0.885. The maximum Gasteiger partial charge on any atom is 0.310 e. The highest BCUT2D eigenvalue weighted by atomic mass is 16.6. The Bertz CT molecular complexity index is 668. The Morgan fingerprint density at radius 2 is 1.69 bits per heavy atom. The summed E-state index contributed by atoms with van der Waals surface area (Å²) in [6.45, 7) is 12.8. The molecule has 0 saturated carbocycles. The average Bonchev–Trinajstić information content (AvgIpc) is 3.51. The first-order chi connectivity index (χ1) is 17.3. The molecule has 1 amide bonds. The fourth-order valence-electron chi connectivity index (χ4n) is 4.28. The van der Waals surface area contributed by atoms with Crippen molar-refractivity contribution in [3.8, 4) is 0 Å². The van der Waals surface area contributed by atoms with Crippen LogP contribution in [0.15, 0.2) is 0 Å². The lowest BCUT2D eigenvalue weighted by Crippen LogP contribution is -2.42. The lowest BCUT2D eigenvalue weighted by molar-refractivity contribution is -0.153. The van der Waals surface area contributed by atoms with Gasteiger partial charge in [-0.05, 0) is 25.3 Å². The molecule has 2 fully saturated rings. The molecule has 2 rings (SSSR count). The monoisotopic (exact) mass is 513 g/mol. The Morgan fingerprint density at radius 1 is 1.00 bits per heavy atom. The molecule has 0 spiro atoms. The molecule has 2 N–H and O–H groups in total. The number of nitrogens with zero attached hydrogens (tertiary/aromatic N) is 1. The van der Waals surface area contributed by atoms with E-state index in [0.29, 0.717) is 57.8 Å². The van der Waals surface area contributed by atoms with Crippen molar-refractivity contribution in [2.75, 3.05) is 65.8 Å². The van der Waals surface area contributed by atoms with Crippen LogP contribution < -0.4 is 10.6 Å². The van der Waals surface area contributed by atoms with Crippen LogP contribution in [0.3, 0.4) is 0 Å². The molecule has 0 bridgehead atoms. The first kappa shape index (κ1) is 30.6. The number of hydrogen-bond donors (Lipinski definition) is 2. The zero-order valence-corrected chi connectivity index (χ0v) is 22.6. The molecule has 3 atom stereocenters. The van der Waals surface area contributed by atoms with Crippen LogP contribution in [0.5, 0.6) is 0 Å². The van der Waals surface area contributed by atoms with Gasteiger partial charge in [-0.25, -0.2) is 0 Å². The van der Waals surface area contributed by atoms with Gasteiger partial charge >= 0.3 is 5.97 Å². The average molecular weight is 514 g/mol. The Kier molecular flexibility index (Phi) is 14.5. The van der Waals surface area contributed by atoms with E-state index in [2.05, 4.69) is 38.3 Å². The van der Waals surface area contributed by atoms with Crippen LogP contribution in [-0.4, -0.2) is 107 Å². The Morgan fingerprint density at radius 3 is 2.33 bits per heavy atom. The Hall–Kier alpha value is -1.59. The molecule has 2 aliphatic heterocycles. The van der Waals surface area contributed by atoms with E-state index in [-0.39, 0.29) is 43.3 Å². The first-order valence-electron chi connectivity index (χ1n) is 13.5. The van der Waals surface area contributed by atoms with Gasteiger partial charge in [0.1, 0.15) is 12.7 Å². The zero-order valence-electron chi connectivity index (χ0n) is 22.6. The number of ether oxygens (including phenoxy) is 4. The molecule has 2 saturated heterocycles. The van der Waals surface area contributed by atoms with Gasteiger partial charge in [0.15, 0.2) is 5.78 Å². The van der Waals surface area contributed by atoms with E-state index in [1.54, 1.807) is 0 Å². The SMILES string of the molecule is CC(C)CCC(=O)C1CC(OC(=O)C2CCNC2)CN1C(=O)COCCOCCOCCNC(C)C. The quantitative estimate of drug-likeness (QED) is 0.206. The molecule has 10 heteroatoms. The summed E-state index contributed by atoms with van der Waals surface area (Å²) >= 11 is 0. The molecular formula is C26H47N3O7. The summed E-state index contributed by atoms with van der Waals surface area (Å²) in [5.41, 5.74) is 0. The number of Topliss-reactive ketones (excluding diaryl/α,β-unsaturated/α-hetero) is 1. The minimum atomic E-state index is -0.571. The van der Waals surface area contributed by atoms with Gasteiger partial charge in [0.25, 0.3) is 0 Å². The maximum absolute atomic E-state index is 12.9. The van der Waals surface area contributed by atoms with Crippen LogP contribution in [0.4, 0.5) is 0 Å². The van der Waals surface area contributed by atoms with Crippen molar-refractivity contribution in [3.05, 3.63) is 0 Å². The Balaban J connectivity index is 1.71. The molecular weight excluding hydrogens is 466 g/mol. The van der Waals surface area contributed by atoms with E-state index in [4.69, 9.17) is 18.9 Å². The van der Waals surface area contributed by atoms with Gasteiger partial charge in [-0.3, -0.25) is 14.4 Å². The van der Waals surface area contributed by atoms with Crippen molar-refractivity contribution in [2.24, 2.45) is 11.8 Å². The van der Waals surface area contributed by atoms with Crippen molar-refractivity contribution in [1.29, 1.82) is 0 Å². The van der Waals surface area contributed by atoms with Crippen molar-refractivity contribution < 1.29 is 33.3 Å². The molecule has 2 aliphatic rings. The van der Waals surface area contributed by atoms with Gasteiger partial charge in [0.05, 0.1) is 51.5 Å². The highest BCUT2D eigenvalue weighted by molar-refractivity contribution is 5.90. The van der Waals surface area contributed by atoms with E-state index < -0.39 is 12.1 Å². The minimum absolute atomic E-state index is 0.0186. The topological polar surface area (TPSA) is 115 Å². The normalized spacial score (nSPS) is 22.1. The van der Waals surface area contributed by atoms with Crippen molar-refractivity contribution in [3.63, 3.8) is 0 Å². The second-order valence-electron chi connectivity index (χ2n) is 10.3. The van der Waals surface area contributed by atoms with Crippen LogP contribution in [0.25, 0.3) is 0 Å². The van der Waals surface area contributed by atoms with E-state index in [1.165, 1.54) is 4.90 Å². The number of esters is 1. The number of nitrogens with one attached hydrogen (secondary N) is 2. The summed E-state index contributed by atoms with van der Waals surface area (Å²) in [5.74, 6) is -0.255. The molecule has 0 aromatic carbocycles. The second-order valence-corrected chi connectivity index (χ2v) is 10.3. The van der Waals surface area contributed by atoms with Crippen LogP contribution >= 0.6 is 0 Å². The van der Waals surface area contributed by atoms with Gasteiger partial charge in [-0.2, -0.15) is 0 Å². The summed E-state index contributed by atoms with van der Waals surface area (Å²) in [5, 5.41) is 6.43. The third kappa shape index (κ3) is 11.6. The summed E-state index contributed by atoms with van der Waals surface area (Å²) in [4.78, 5) is 39.8. The van der Waals surface area contributed by atoms with Gasteiger partial charge < -0.3 is 34.5 Å². The standard InChI is InChI=1S/C26H47N3O7/c1-19(2)5-6-24(30)23-15-22(36-26(32)21-7-8-27-16-21)17-29(23)25(31)18-35-14-13-34-12-11-33-10-9-28-20(3)4/h19-23,27-28H,5-18H2,1-4H3. The maximum atomic E-state index is 12.9. The first-order valence-corrected chi connectivity index (χ1v) is 13.5. The number of carbonyl (C=O) groups is 3. The van der Waals surface area contributed by atoms with Gasteiger partial charge in [0.2, 0.25) is 5.91 Å². The number of amides is 1. The van der Waals surface area contributed by atoms with E-state index >= 15 is 0 Å². The molecule has 3 unspecified atom stereocenters. The number of rotatable bonds is 18. The largest absolute Gasteiger partial charge is 0.460 e. The van der Waals surface area contributed by atoms with Crippen molar-refractivity contribution >= 4 is 17.7 Å². The lowest BCUT2D eigenvalue weighted by Gasteiger charge is -2.23. The van der Waals surface area contributed by atoms with Crippen molar-refractivity contribution in [1.82, 2.24) is 15.5 Å². The summed E-state index contributed by atoms with van der Waals surface area (Å²) in [7, 11) is 0. The van der Waals surface area contributed by atoms with Gasteiger partial charge in [-0.15, -0.1) is 0 Å². The lowest BCUT2D eigenvalue weighted by atomic mass is 10.00. The third-order valence-electron chi connectivity index (χ3n) is 6.37. The van der Waals surface area contributed by atoms with E-state index in [0.717, 1.165) is 25.9 Å². The molecule has 208 valence electrons. The minimum Gasteiger partial charge on any atom is -0.460 e. The molecule has 0 aromatic heterocycles. The molecule has 0 radical (unpaired) electrons. The van der Waals surface area contributed by atoms with E-state index in [9.17, 15) is 14.4 Å². The van der Waals surface area contributed by atoms with Crippen molar-refractivity contribution in [2.45, 2.75) is 71.6 Å². The smallest absolute Gasteiger partial charge is 0.310 e. The zero-order chi connectivity index (χ0) is 26.3. The molecule has 0 aliphatic carbocycles. The number of carbonyl (C=O) groups excluding carboxylic acids is 3. The van der Waals surface area contributed by atoms with Gasteiger partial charge in [-0.1, -0.05) is 27.7 Å². The van der Waals surface area contributed by atoms with E-state index in [1.807, 2.05) is 0 Å². The Labute approximate surface area is 216 Å². The summed E-state index contributed by atoms with van der Waals surface area (Å²) in [6.07, 6.45) is 1.81. The predicted octanol–water partition coefficient (Wildman–Crippen LogP) is 1.16. The fourth-order valence-corrected chi connectivity index (χ4v) is 4.28. The molecule has 2 heterocycles. The van der Waals surface area contributed by atoms with Crippen LogP contribution in [-0.2, 0) is 33.3 Å². The predicted molar refractivity (Wildman–Crippen MR) is 136 cm³/mol. The number of hydrogen-bond acceptors (Lipinski definition) is 9. The summed E-state index contributed by atoms with van der Waals surface area (Å²) < 4.78 is 22.2. The van der Waals surface area contributed by atoms with Crippen LogP contribution in [0, 0.1) is 11.8 Å². The van der Waals surface area contributed by atoms with Crippen LogP contribution in [0.1, 0.15) is 53.4 Å². The number of ketones is 1. The summed E-state index contributed by atoms with van der Waals surface area (Å²) in [6, 6.07) is -0.132. The third-order valence-corrected chi connectivity index (χ3v) is 6.37. The highest BCUT2D eigenvalue weighted by Crippen LogP contribution is 2.25. The molecule has 0 aromatic rings. The highest BCUT2D eigenvalue weighted by Gasteiger charge is 2.41. The second kappa shape index (κ2) is 17.0. The van der Waals surface area contributed by atoms with Gasteiger partial charge in [0, 0.05) is 32.0 Å². The van der Waals surface area contributed by atoms with Crippen LogP contribution in [0.2, 0.25) is 0 Å². The molecule has 36 heavy (non-hydrogen) atoms. The molecule has 10 nitrogen and oxygen atoms in total. The number of likely N-dealkylation sites (tertiary alicyclic amines) is 1.